The number of hydrogen-bond donors (Lipinski definition) is 0. The molecule has 2 aromatic carbocycles. The van der Waals surface area contributed by atoms with E-state index in [4.69, 9.17) is 4.98 Å². The van der Waals surface area contributed by atoms with Crippen molar-refractivity contribution in [3.8, 4) is 11.3 Å². The van der Waals surface area contributed by atoms with Gasteiger partial charge in [-0.05, 0) is 24.3 Å². The van der Waals surface area contributed by atoms with Crippen LogP contribution in [0.3, 0.4) is 0 Å². The Morgan fingerprint density at radius 2 is 1.61 bits per heavy atom. The van der Waals surface area contributed by atoms with E-state index >= 15 is 0 Å². The zero-order chi connectivity index (χ0) is 15.2. The predicted octanol–water partition coefficient (Wildman–Crippen LogP) is 5.06. The molecule has 5 rings (SSSR count). The van der Waals surface area contributed by atoms with E-state index in [-0.39, 0.29) is 0 Å². The molecule has 0 aliphatic heterocycles. The van der Waals surface area contributed by atoms with Gasteiger partial charge in [-0.2, -0.15) is 0 Å². The van der Waals surface area contributed by atoms with Crippen LogP contribution in [0.4, 0.5) is 0 Å². The molecule has 0 N–H and O–H groups in total. The first-order chi connectivity index (χ1) is 11.4. The number of rotatable bonds is 1. The lowest BCUT2D eigenvalue weighted by molar-refractivity contribution is 1.23. The lowest BCUT2D eigenvalue weighted by Crippen LogP contribution is -1.89. The van der Waals surface area contributed by atoms with Crippen LogP contribution in [0.25, 0.3) is 42.6 Å². The molecule has 108 valence electrons. The molecule has 0 spiro atoms. The second kappa shape index (κ2) is 4.83. The maximum absolute atomic E-state index is 4.71. The number of fused-ring (bicyclic) bond motifs is 4. The highest BCUT2D eigenvalue weighted by molar-refractivity contribution is 7.25. The average Bonchev–Trinajstić information content (AvgIpc) is 3.00. The Labute approximate surface area is 136 Å². The maximum Gasteiger partial charge on any atom is 0.178 e. The molecule has 3 aromatic heterocycles. The molecule has 3 nitrogen and oxygen atoms in total. The van der Waals surface area contributed by atoms with Crippen LogP contribution in [0.1, 0.15) is 0 Å². The normalized spacial score (nSPS) is 11.5. The molecular weight excluding hydrogens is 302 g/mol. The minimum absolute atomic E-state index is 0.682. The maximum atomic E-state index is 4.71. The Balaban J connectivity index is 1.87. The van der Waals surface area contributed by atoms with E-state index in [0.717, 1.165) is 16.8 Å². The molecule has 0 bridgehead atoms. The molecule has 3 heterocycles. The van der Waals surface area contributed by atoms with Crippen molar-refractivity contribution >= 4 is 42.7 Å². The highest BCUT2D eigenvalue weighted by atomic mass is 32.1. The lowest BCUT2D eigenvalue weighted by atomic mass is 10.0. The fraction of sp³-hybridized carbons (Fsp3) is 0. The van der Waals surface area contributed by atoms with Gasteiger partial charge in [0.2, 0.25) is 0 Å². The van der Waals surface area contributed by atoms with Gasteiger partial charge in [0.05, 0.1) is 5.69 Å². The van der Waals surface area contributed by atoms with Gasteiger partial charge in [-0.3, -0.25) is 4.98 Å². The van der Waals surface area contributed by atoms with E-state index in [2.05, 4.69) is 52.4 Å². The van der Waals surface area contributed by atoms with Gasteiger partial charge in [0.15, 0.2) is 5.65 Å². The van der Waals surface area contributed by atoms with Gasteiger partial charge in [-0.15, -0.1) is 11.3 Å². The van der Waals surface area contributed by atoms with Crippen LogP contribution < -0.4 is 0 Å². The van der Waals surface area contributed by atoms with Crippen LogP contribution in [0.5, 0.6) is 0 Å². The van der Waals surface area contributed by atoms with Crippen molar-refractivity contribution in [2.24, 2.45) is 0 Å². The quantitative estimate of drug-likeness (QED) is 0.434. The molecule has 0 amide bonds. The van der Waals surface area contributed by atoms with E-state index in [1.54, 1.807) is 12.4 Å². The van der Waals surface area contributed by atoms with Crippen molar-refractivity contribution in [1.82, 2.24) is 15.0 Å². The third kappa shape index (κ3) is 1.92. The fourth-order valence-corrected chi connectivity index (χ4v) is 4.12. The summed E-state index contributed by atoms with van der Waals surface area (Å²) in [5.41, 5.74) is 3.58. The minimum Gasteiger partial charge on any atom is -0.251 e. The molecular formula is C19H11N3S. The van der Waals surface area contributed by atoms with Gasteiger partial charge in [-0.1, -0.05) is 30.3 Å². The van der Waals surface area contributed by atoms with Crippen molar-refractivity contribution < 1.29 is 0 Å². The van der Waals surface area contributed by atoms with Crippen LogP contribution in [-0.4, -0.2) is 15.0 Å². The van der Waals surface area contributed by atoms with Crippen LogP contribution in [-0.2, 0) is 0 Å². The van der Waals surface area contributed by atoms with Crippen molar-refractivity contribution in [2.75, 3.05) is 0 Å². The summed E-state index contributed by atoms with van der Waals surface area (Å²) >= 11 is 1.82. The van der Waals surface area contributed by atoms with Crippen LogP contribution in [0, 0.1) is 0 Å². The van der Waals surface area contributed by atoms with Crippen LogP contribution in [0.15, 0.2) is 67.0 Å². The van der Waals surface area contributed by atoms with Gasteiger partial charge in [0, 0.05) is 38.1 Å². The number of hydrogen-bond acceptors (Lipinski definition) is 4. The largest absolute Gasteiger partial charge is 0.251 e. The molecule has 4 heteroatoms. The molecule has 0 aliphatic carbocycles. The average molecular weight is 313 g/mol. The van der Waals surface area contributed by atoms with Crippen molar-refractivity contribution in [1.29, 1.82) is 0 Å². The fourth-order valence-electron chi connectivity index (χ4n) is 2.99. The summed E-state index contributed by atoms with van der Waals surface area (Å²) in [4.78, 5) is 13.3. The molecule has 0 saturated heterocycles. The third-order valence-electron chi connectivity index (χ3n) is 4.01. The summed E-state index contributed by atoms with van der Waals surface area (Å²) in [5.74, 6) is 0. The first kappa shape index (κ1) is 12.7. The Hall–Kier alpha value is -2.85. The number of benzene rings is 2. The smallest absolute Gasteiger partial charge is 0.178 e. The summed E-state index contributed by atoms with van der Waals surface area (Å²) in [6.07, 6.45) is 3.37. The standard InChI is InChI=1S/C19H11N3S/c1-2-6-16-13(4-1)18-12(5-3-7-17(18)23-16)14-8-9-15-19(22-14)21-11-10-20-15/h1-11H. The van der Waals surface area contributed by atoms with Gasteiger partial charge in [0.25, 0.3) is 0 Å². The van der Waals surface area contributed by atoms with E-state index in [1.807, 2.05) is 23.5 Å². The lowest BCUT2D eigenvalue weighted by Gasteiger charge is -2.05. The first-order valence-corrected chi connectivity index (χ1v) is 8.20. The highest BCUT2D eigenvalue weighted by Gasteiger charge is 2.11. The molecule has 0 fully saturated rings. The summed E-state index contributed by atoms with van der Waals surface area (Å²) in [6.45, 7) is 0. The molecule has 0 saturated carbocycles. The Kier molecular flexibility index (Phi) is 2.66. The molecule has 0 unspecified atom stereocenters. The predicted molar refractivity (Wildman–Crippen MR) is 95.7 cm³/mol. The summed E-state index contributed by atoms with van der Waals surface area (Å²) in [7, 11) is 0. The zero-order valence-corrected chi connectivity index (χ0v) is 12.9. The molecule has 0 aliphatic rings. The van der Waals surface area contributed by atoms with Gasteiger partial charge < -0.3 is 0 Å². The van der Waals surface area contributed by atoms with E-state index in [0.29, 0.717) is 5.65 Å². The highest BCUT2D eigenvalue weighted by Crippen LogP contribution is 2.39. The Morgan fingerprint density at radius 3 is 2.61 bits per heavy atom. The molecule has 5 aromatic rings. The van der Waals surface area contributed by atoms with E-state index in [9.17, 15) is 0 Å². The third-order valence-corrected chi connectivity index (χ3v) is 5.15. The van der Waals surface area contributed by atoms with E-state index in [1.165, 1.54) is 20.2 Å². The number of thiophene rings is 1. The number of nitrogens with zero attached hydrogens (tertiary/aromatic N) is 3. The van der Waals surface area contributed by atoms with Gasteiger partial charge in [0.1, 0.15) is 5.52 Å². The summed E-state index contributed by atoms with van der Waals surface area (Å²) < 4.78 is 2.58. The molecule has 0 atom stereocenters. The number of pyridine rings is 1. The van der Waals surface area contributed by atoms with Crippen LogP contribution >= 0.6 is 11.3 Å². The van der Waals surface area contributed by atoms with E-state index < -0.39 is 0 Å². The van der Waals surface area contributed by atoms with Gasteiger partial charge in [-0.25, -0.2) is 9.97 Å². The second-order valence-electron chi connectivity index (χ2n) is 5.37. The topological polar surface area (TPSA) is 38.7 Å². The monoisotopic (exact) mass is 313 g/mol. The second-order valence-corrected chi connectivity index (χ2v) is 6.46. The Bertz CT molecular complexity index is 1180. The van der Waals surface area contributed by atoms with Crippen LogP contribution in [0.2, 0.25) is 0 Å². The SMILES string of the molecule is c1ccc2c(c1)sc1cccc(-c3ccc4nccnc4n3)c12. The van der Waals surface area contributed by atoms with Gasteiger partial charge >= 0.3 is 0 Å². The minimum atomic E-state index is 0.682. The van der Waals surface area contributed by atoms with Crippen molar-refractivity contribution in [3.63, 3.8) is 0 Å². The Morgan fingerprint density at radius 1 is 0.739 bits per heavy atom. The molecule has 0 radical (unpaired) electrons. The van der Waals surface area contributed by atoms with Crippen molar-refractivity contribution in [3.05, 3.63) is 67.0 Å². The molecule has 23 heavy (non-hydrogen) atoms. The zero-order valence-electron chi connectivity index (χ0n) is 12.1. The number of aromatic nitrogens is 3. The summed E-state index contributed by atoms with van der Waals surface area (Å²) in [6, 6.07) is 18.9. The summed E-state index contributed by atoms with van der Waals surface area (Å²) in [5, 5.41) is 2.55. The first-order valence-electron chi connectivity index (χ1n) is 7.38. The van der Waals surface area contributed by atoms with Crippen molar-refractivity contribution in [2.45, 2.75) is 0 Å².